The van der Waals surface area contributed by atoms with Crippen LogP contribution in [0.1, 0.15) is 40.2 Å². The molecule has 1 rings (SSSR count). The molecule has 5 heteroatoms. The van der Waals surface area contributed by atoms with Crippen molar-refractivity contribution in [1.29, 1.82) is 0 Å². The summed E-state index contributed by atoms with van der Waals surface area (Å²) in [5.41, 5.74) is 0.826. The third-order valence-corrected chi connectivity index (χ3v) is 3.66. The molecule has 0 saturated heterocycles. The van der Waals surface area contributed by atoms with Gasteiger partial charge in [-0.1, -0.05) is 32.0 Å². The molecule has 0 aromatic heterocycles. The van der Waals surface area contributed by atoms with Gasteiger partial charge < -0.3 is 20.3 Å². The Hall–Kier alpha value is -1.59. The maximum absolute atomic E-state index is 11.9. The molecule has 0 aliphatic carbocycles. The number of carbonyl (C=O) groups is 1. The second kappa shape index (κ2) is 10.3. The number of para-hydroxylation sites is 1. The molecule has 24 heavy (non-hydrogen) atoms. The number of hydrogen-bond donors (Lipinski definition) is 2. The molecule has 0 bridgehead atoms. The molecule has 0 saturated carbocycles. The van der Waals surface area contributed by atoms with Crippen LogP contribution < -0.4 is 15.4 Å². The fourth-order valence-corrected chi connectivity index (χ4v) is 2.39. The normalized spacial score (nSPS) is 11.6. The minimum Gasteiger partial charge on any atom is -0.483 e. The van der Waals surface area contributed by atoms with Crippen LogP contribution in [0.5, 0.6) is 5.75 Å². The molecule has 0 atom stereocenters. The molecule has 0 spiro atoms. The quantitative estimate of drug-likeness (QED) is 0.645. The SMILES string of the molecule is CCN(CC)CCNCc1ccccc1OCC(=O)NC(C)(C)C. The number of ether oxygens (including phenoxy) is 1. The first-order valence-electron chi connectivity index (χ1n) is 8.80. The lowest BCUT2D eigenvalue weighted by Gasteiger charge is -2.21. The maximum Gasteiger partial charge on any atom is 0.258 e. The van der Waals surface area contributed by atoms with Gasteiger partial charge in [-0.25, -0.2) is 0 Å². The summed E-state index contributed by atoms with van der Waals surface area (Å²) in [5.74, 6) is 0.656. The molecule has 2 N–H and O–H groups in total. The smallest absolute Gasteiger partial charge is 0.258 e. The summed E-state index contributed by atoms with van der Waals surface area (Å²) in [6.07, 6.45) is 0. The number of likely N-dealkylation sites (N-methyl/N-ethyl adjacent to an activating group) is 1. The molecular formula is C19H33N3O2. The Labute approximate surface area is 146 Å². The third kappa shape index (κ3) is 8.31. The van der Waals surface area contributed by atoms with Gasteiger partial charge in [0, 0.05) is 30.7 Å². The van der Waals surface area contributed by atoms with Crippen LogP contribution in [0.15, 0.2) is 24.3 Å². The van der Waals surface area contributed by atoms with Gasteiger partial charge in [-0.3, -0.25) is 4.79 Å². The van der Waals surface area contributed by atoms with Gasteiger partial charge in [0.2, 0.25) is 0 Å². The lowest BCUT2D eigenvalue weighted by atomic mass is 10.1. The van der Waals surface area contributed by atoms with Crippen molar-refractivity contribution < 1.29 is 9.53 Å². The molecule has 0 fully saturated rings. The number of amides is 1. The highest BCUT2D eigenvalue weighted by atomic mass is 16.5. The van der Waals surface area contributed by atoms with Gasteiger partial charge in [-0.2, -0.15) is 0 Å². The van der Waals surface area contributed by atoms with E-state index in [0.29, 0.717) is 0 Å². The zero-order valence-corrected chi connectivity index (χ0v) is 15.8. The van der Waals surface area contributed by atoms with E-state index in [1.165, 1.54) is 0 Å². The predicted octanol–water partition coefficient (Wildman–Crippen LogP) is 2.41. The Bertz CT molecular complexity index is 494. The highest BCUT2D eigenvalue weighted by molar-refractivity contribution is 5.78. The molecular weight excluding hydrogens is 302 g/mol. The largest absolute Gasteiger partial charge is 0.483 e. The number of nitrogens with one attached hydrogen (secondary N) is 2. The van der Waals surface area contributed by atoms with Crippen molar-refractivity contribution in [3.05, 3.63) is 29.8 Å². The van der Waals surface area contributed by atoms with Gasteiger partial charge >= 0.3 is 0 Å². The fourth-order valence-electron chi connectivity index (χ4n) is 2.39. The summed E-state index contributed by atoms with van der Waals surface area (Å²) >= 11 is 0. The van der Waals surface area contributed by atoms with E-state index < -0.39 is 0 Å². The molecule has 0 heterocycles. The van der Waals surface area contributed by atoms with Crippen LogP contribution in [0, 0.1) is 0 Å². The molecule has 1 aromatic carbocycles. The molecule has 1 amide bonds. The average Bonchev–Trinajstić information content (AvgIpc) is 2.52. The Kier molecular flexibility index (Phi) is 8.79. The second-order valence-electron chi connectivity index (χ2n) is 6.90. The molecule has 1 aromatic rings. The van der Waals surface area contributed by atoms with Gasteiger partial charge in [-0.05, 0) is 39.9 Å². The maximum atomic E-state index is 11.9. The van der Waals surface area contributed by atoms with E-state index in [-0.39, 0.29) is 18.1 Å². The summed E-state index contributed by atoms with van der Waals surface area (Å²) in [4.78, 5) is 14.3. The van der Waals surface area contributed by atoms with E-state index >= 15 is 0 Å². The van der Waals surface area contributed by atoms with Gasteiger partial charge in [0.1, 0.15) is 5.75 Å². The Balaban J connectivity index is 2.45. The van der Waals surface area contributed by atoms with E-state index in [1.54, 1.807) is 0 Å². The van der Waals surface area contributed by atoms with Crippen LogP contribution in [-0.2, 0) is 11.3 Å². The minimum absolute atomic E-state index is 0.0354. The monoisotopic (exact) mass is 335 g/mol. The minimum atomic E-state index is -0.244. The number of carbonyl (C=O) groups excluding carboxylic acids is 1. The van der Waals surface area contributed by atoms with Crippen LogP contribution in [-0.4, -0.2) is 49.1 Å². The number of rotatable bonds is 10. The zero-order valence-electron chi connectivity index (χ0n) is 15.8. The van der Waals surface area contributed by atoms with Crippen LogP contribution in [0.2, 0.25) is 0 Å². The summed E-state index contributed by atoms with van der Waals surface area (Å²) in [5, 5.41) is 6.35. The zero-order chi connectivity index (χ0) is 18.0. The fraction of sp³-hybridized carbons (Fsp3) is 0.632. The molecule has 0 radical (unpaired) electrons. The van der Waals surface area contributed by atoms with Crippen molar-refractivity contribution in [2.75, 3.05) is 32.8 Å². The van der Waals surface area contributed by atoms with Crippen LogP contribution in [0.3, 0.4) is 0 Å². The van der Waals surface area contributed by atoms with E-state index in [4.69, 9.17) is 4.74 Å². The van der Waals surface area contributed by atoms with Crippen molar-refractivity contribution in [1.82, 2.24) is 15.5 Å². The van der Waals surface area contributed by atoms with Gasteiger partial charge in [-0.15, -0.1) is 0 Å². The van der Waals surface area contributed by atoms with Crippen molar-refractivity contribution in [3.63, 3.8) is 0 Å². The van der Waals surface area contributed by atoms with E-state index in [1.807, 2.05) is 45.0 Å². The van der Waals surface area contributed by atoms with E-state index in [2.05, 4.69) is 29.4 Å². The van der Waals surface area contributed by atoms with E-state index in [0.717, 1.165) is 44.0 Å². The number of benzene rings is 1. The van der Waals surface area contributed by atoms with Gasteiger partial charge in [0.15, 0.2) is 6.61 Å². The first kappa shape index (κ1) is 20.5. The van der Waals surface area contributed by atoms with Crippen molar-refractivity contribution in [2.24, 2.45) is 0 Å². The van der Waals surface area contributed by atoms with Crippen molar-refractivity contribution in [2.45, 2.75) is 46.7 Å². The lowest BCUT2D eigenvalue weighted by molar-refractivity contribution is -0.124. The number of hydrogen-bond acceptors (Lipinski definition) is 4. The van der Waals surface area contributed by atoms with Crippen LogP contribution in [0.25, 0.3) is 0 Å². The molecule has 0 aliphatic rings. The second-order valence-corrected chi connectivity index (χ2v) is 6.90. The van der Waals surface area contributed by atoms with Gasteiger partial charge in [0.05, 0.1) is 0 Å². The first-order valence-corrected chi connectivity index (χ1v) is 8.80. The molecule has 136 valence electrons. The summed E-state index contributed by atoms with van der Waals surface area (Å²) in [6, 6.07) is 7.85. The number of nitrogens with zero attached hydrogens (tertiary/aromatic N) is 1. The van der Waals surface area contributed by atoms with Crippen molar-refractivity contribution >= 4 is 5.91 Å². The highest BCUT2D eigenvalue weighted by Crippen LogP contribution is 2.17. The standard InChI is InChI=1S/C19H33N3O2/c1-6-22(7-2)13-12-20-14-16-10-8-9-11-17(16)24-15-18(23)21-19(3,4)5/h8-11,20H,6-7,12-15H2,1-5H3,(H,21,23). The Morgan fingerprint density at radius 3 is 2.46 bits per heavy atom. The first-order chi connectivity index (χ1) is 11.4. The van der Waals surface area contributed by atoms with Gasteiger partial charge in [0.25, 0.3) is 5.91 Å². The topological polar surface area (TPSA) is 53.6 Å². The van der Waals surface area contributed by atoms with Crippen LogP contribution >= 0.6 is 0 Å². The summed E-state index contributed by atoms with van der Waals surface area (Å²) in [7, 11) is 0. The van der Waals surface area contributed by atoms with Crippen LogP contribution in [0.4, 0.5) is 0 Å². The molecule has 0 unspecified atom stereocenters. The highest BCUT2D eigenvalue weighted by Gasteiger charge is 2.14. The predicted molar refractivity (Wildman–Crippen MR) is 99.3 cm³/mol. The lowest BCUT2D eigenvalue weighted by Crippen LogP contribution is -2.43. The van der Waals surface area contributed by atoms with E-state index in [9.17, 15) is 4.79 Å². The van der Waals surface area contributed by atoms with Crippen molar-refractivity contribution in [3.8, 4) is 5.75 Å². The Morgan fingerprint density at radius 1 is 1.17 bits per heavy atom. The third-order valence-electron chi connectivity index (χ3n) is 3.66. The summed E-state index contributed by atoms with van der Waals surface area (Å²) in [6.45, 7) is 15.1. The molecule has 5 nitrogen and oxygen atoms in total. The molecule has 0 aliphatic heterocycles. The average molecular weight is 335 g/mol. The summed E-state index contributed by atoms with van der Waals surface area (Å²) < 4.78 is 5.70. The Morgan fingerprint density at radius 2 is 1.83 bits per heavy atom.